The number of aromatic amines is 1. The molecule has 1 heterocycles. The lowest BCUT2D eigenvalue weighted by Crippen LogP contribution is -2.20. The van der Waals surface area contributed by atoms with E-state index >= 15 is 0 Å². The number of aliphatic hydroxyl groups is 1. The highest BCUT2D eigenvalue weighted by Crippen LogP contribution is 2.17. The van der Waals surface area contributed by atoms with E-state index in [0.717, 1.165) is 29.0 Å². The molecule has 3 N–H and O–H groups in total. The fourth-order valence-electron chi connectivity index (χ4n) is 1.63. The molecule has 0 fully saturated rings. The van der Waals surface area contributed by atoms with Crippen molar-refractivity contribution in [2.24, 2.45) is 0 Å². The summed E-state index contributed by atoms with van der Waals surface area (Å²) < 4.78 is 0. The number of rotatable bonds is 5. The van der Waals surface area contributed by atoms with Crippen LogP contribution in [0.4, 0.5) is 5.69 Å². The van der Waals surface area contributed by atoms with Crippen LogP contribution in [-0.2, 0) is 6.42 Å². The van der Waals surface area contributed by atoms with Crippen LogP contribution >= 0.6 is 11.6 Å². The number of aliphatic hydroxyl groups excluding tert-OH is 1. The highest BCUT2D eigenvalue weighted by atomic mass is 35.5. The van der Waals surface area contributed by atoms with Crippen molar-refractivity contribution in [2.75, 3.05) is 17.7 Å². The molecule has 0 aliphatic rings. The van der Waals surface area contributed by atoms with Crippen LogP contribution in [0.25, 0.3) is 11.0 Å². The summed E-state index contributed by atoms with van der Waals surface area (Å²) in [5.74, 6) is 1.22. The number of hydrogen-bond donors (Lipinski definition) is 3. The number of benzene rings is 1. The number of anilines is 1. The monoisotopic (exact) mass is 253 g/mol. The molecule has 0 saturated heterocycles. The van der Waals surface area contributed by atoms with E-state index in [1.54, 1.807) is 0 Å². The molecule has 0 aliphatic carbocycles. The molecular formula is C12H16ClN3O. The van der Waals surface area contributed by atoms with E-state index in [1.165, 1.54) is 0 Å². The minimum Gasteiger partial charge on any atom is -0.390 e. The van der Waals surface area contributed by atoms with Gasteiger partial charge in [0, 0.05) is 18.7 Å². The molecule has 4 nitrogen and oxygen atoms in total. The molecule has 0 spiro atoms. The highest BCUT2D eigenvalue weighted by molar-refractivity contribution is 6.18. The van der Waals surface area contributed by atoms with Gasteiger partial charge >= 0.3 is 0 Å². The predicted octanol–water partition coefficient (Wildman–Crippen LogP) is 2.14. The summed E-state index contributed by atoms with van der Waals surface area (Å²) >= 11 is 5.53. The normalized spacial score (nSPS) is 12.9. The Morgan fingerprint density at radius 3 is 3.06 bits per heavy atom. The Morgan fingerprint density at radius 1 is 1.53 bits per heavy atom. The van der Waals surface area contributed by atoms with Gasteiger partial charge in [0.2, 0.25) is 0 Å². The largest absolute Gasteiger partial charge is 0.390 e. The van der Waals surface area contributed by atoms with Crippen LogP contribution in [0.2, 0.25) is 0 Å². The minimum atomic E-state index is -0.527. The Morgan fingerprint density at radius 2 is 2.35 bits per heavy atom. The van der Waals surface area contributed by atoms with Crippen molar-refractivity contribution in [1.29, 1.82) is 0 Å². The Labute approximate surface area is 105 Å². The number of alkyl halides is 1. The average molecular weight is 254 g/mol. The topological polar surface area (TPSA) is 60.9 Å². The number of aryl methyl sites for hydroxylation is 1. The van der Waals surface area contributed by atoms with Crippen molar-refractivity contribution < 1.29 is 5.11 Å². The molecule has 1 aromatic carbocycles. The van der Waals surface area contributed by atoms with Crippen LogP contribution in [0.15, 0.2) is 18.2 Å². The lowest BCUT2D eigenvalue weighted by Gasteiger charge is -2.09. The van der Waals surface area contributed by atoms with Crippen molar-refractivity contribution in [2.45, 2.75) is 19.4 Å². The maximum absolute atomic E-state index is 9.36. The standard InChI is InChI=1S/C12H16ClN3O/c1-2-12-15-10-4-3-8(5-11(10)16-12)14-7-9(17)6-13/h3-5,9,14,17H,2,6-7H2,1H3,(H,15,16). The van der Waals surface area contributed by atoms with E-state index in [-0.39, 0.29) is 5.88 Å². The number of halogens is 1. The zero-order valence-electron chi connectivity index (χ0n) is 9.70. The van der Waals surface area contributed by atoms with Gasteiger partial charge in [-0.15, -0.1) is 11.6 Å². The molecule has 0 aliphatic heterocycles. The van der Waals surface area contributed by atoms with E-state index in [9.17, 15) is 5.11 Å². The van der Waals surface area contributed by atoms with E-state index in [1.807, 2.05) is 18.2 Å². The SMILES string of the molecule is CCc1nc2ccc(NCC(O)CCl)cc2[nH]1. The van der Waals surface area contributed by atoms with Gasteiger partial charge < -0.3 is 15.4 Å². The molecule has 2 rings (SSSR count). The van der Waals surface area contributed by atoms with Crippen LogP contribution in [0.1, 0.15) is 12.7 Å². The Kier molecular flexibility index (Phi) is 3.86. The zero-order chi connectivity index (χ0) is 12.3. The molecule has 1 atom stereocenters. The summed E-state index contributed by atoms with van der Waals surface area (Å²) in [6, 6.07) is 5.90. The number of H-pyrrole nitrogens is 1. The Hall–Kier alpha value is -1.26. The smallest absolute Gasteiger partial charge is 0.106 e. The third-order valence-electron chi connectivity index (χ3n) is 2.59. The predicted molar refractivity (Wildman–Crippen MR) is 70.7 cm³/mol. The number of imidazole rings is 1. The molecular weight excluding hydrogens is 238 g/mol. The molecule has 2 aromatic rings. The van der Waals surface area contributed by atoms with Gasteiger partial charge in [0.1, 0.15) is 5.82 Å². The van der Waals surface area contributed by atoms with Gasteiger partial charge in [0.25, 0.3) is 0 Å². The second-order valence-corrected chi connectivity index (χ2v) is 4.27. The summed E-state index contributed by atoms with van der Waals surface area (Å²) in [4.78, 5) is 7.68. The van der Waals surface area contributed by atoms with E-state index in [2.05, 4.69) is 22.2 Å². The number of fused-ring (bicyclic) bond motifs is 1. The third-order valence-corrected chi connectivity index (χ3v) is 2.94. The van der Waals surface area contributed by atoms with Crippen LogP contribution in [0.5, 0.6) is 0 Å². The fourth-order valence-corrected chi connectivity index (χ4v) is 1.74. The summed E-state index contributed by atoms with van der Waals surface area (Å²) in [5, 5.41) is 12.5. The van der Waals surface area contributed by atoms with Crippen LogP contribution in [-0.4, -0.2) is 33.6 Å². The summed E-state index contributed by atoms with van der Waals surface area (Å²) in [5.41, 5.74) is 2.92. The zero-order valence-corrected chi connectivity index (χ0v) is 10.5. The lowest BCUT2D eigenvalue weighted by atomic mass is 10.2. The van der Waals surface area contributed by atoms with Crippen molar-refractivity contribution in [3.8, 4) is 0 Å². The van der Waals surface area contributed by atoms with E-state index in [0.29, 0.717) is 6.54 Å². The highest BCUT2D eigenvalue weighted by Gasteiger charge is 2.04. The van der Waals surface area contributed by atoms with E-state index < -0.39 is 6.10 Å². The Bertz CT molecular complexity index is 497. The Balaban J connectivity index is 2.13. The van der Waals surface area contributed by atoms with Crippen molar-refractivity contribution in [3.05, 3.63) is 24.0 Å². The summed E-state index contributed by atoms with van der Waals surface area (Å²) in [6.45, 7) is 2.51. The lowest BCUT2D eigenvalue weighted by molar-refractivity contribution is 0.211. The average Bonchev–Trinajstić information content (AvgIpc) is 2.77. The first kappa shape index (κ1) is 12.2. The first-order valence-electron chi connectivity index (χ1n) is 5.69. The maximum atomic E-state index is 9.36. The maximum Gasteiger partial charge on any atom is 0.106 e. The molecule has 0 radical (unpaired) electrons. The molecule has 0 bridgehead atoms. The minimum absolute atomic E-state index is 0.235. The molecule has 1 unspecified atom stereocenters. The first-order chi connectivity index (χ1) is 8.22. The van der Waals surface area contributed by atoms with Gasteiger partial charge in [0.15, 0.2) is 0 Å². The van der Waals surface area contributed by atoms with E-state index in [4.69, 9.17) is 11.6 Å². The van der Waals surface area contributed by atoms with Crippen LogP contribution in [0.3, 0.4) is 0 Å². The molecule has 0 amide bonds. The van der Waals surface area contributed by atoms with Crippen LogP contribution in [0, 0.1) is 0 Å². The number of nitrogens with one attached hydrogen (secondary N) is 2. The van der Waals surface area contributed by atoms with Crippen molar-refractivity contribution in [1.82, 2.24) is 9.97 Å². The third kappa shape index (κ3) is 2.90. The molecule has 5 heteroatoms. The van der Waals surface area contributed by atoms with Crippen LogP contribution < -0.4 is 5.32 Å². The fraction of sp³-hybridized carbons (Fsp3) is 0.417. The molecule has 17 heavy (non-hydrogen) atoms. The van der Waals surface area contributed by atoms with Gasteiger partial charge in [-0.05, 0) is 18.2 Å². The molecule has 1 aromatic heterocycles. The number of aromatic nitrogens is 2. The summed E-state index contributed by atoms with van der Waals surface area (Å²) in [7, 11) is 0. The van der Waals surface area contributed by atoms with Gasteiger partial charge in [-0.2, -0.15) is 0 Å². The van der Waals surface area contributed by atoms with Gasteiger partial charge in [-0.3, -0.25) is 0 Å². The number of hydrogen-bond acceptors (Lipinski definition) is 3. The van der Waals surface area contributed by atoms with Gasteiger partial charge in [0.05, 0.1) is 23.0 Å². The first-order valence-corrected chi connectivity index (χ1v) is 6.23. The molecule has 0 saturated carbocycles. The second-order valence-electron chi connectivity index (χ2n) is 3.96. The van der Waals surface area contributed by atoms with Crippen molar-refractivity contribution in [3.63, 3.8) is 0 Å². The quantitative estimate of drug-likeness (QED) is 0.716. The van der Waals surface area contributed by atoms with Gasteiger partial charge in [-0.1, -0.05) is 6.92 Å². The van der Waals surface area contributed by atoms with Gasteiger partial charge in [-0.25, -0.2) is 4.98 Å². The molecule has 92 valence electrons. The summed E-state index contributed by atoms with van der Waals surface area (Å²) in [6.07, 6.45) is 0.364. The number of nitrogens with zero attached hydrogens (tertiary/aromatic N) is 1. The second kappa shape index (κ2) is 5.38. The van der Waals surface area contributed by atoms with Crippen molar-refractivity contribution >= 4 is 28.3 Å².